The molecule has 0 aliphatic rings. The number of aromatic nitrogens is 4. The van der Waals surface area contributed by atoms with Crippen LogP contribution < -0.4 is 21.3 Å². The van der Waals surface area contributed by atoms with Crippen LogP contribution in [0.1, 0.15) is 0 Å². The highest BCUT2D eigenvalue weighted by atomic mass is 79.9. The minimum Gasteiger partial charge on any atom is -0.497 e. The molecule has 0 radical (unpaired) electrons. The molecule has 9 nitrogen and oxygen atoms in total. The number of amides is 1. The zero-order chi connectivity index (χ0) is 21.3. The van der Waals surface area contributed by atoms with Crippen LogP contribution in [0.4, 0.5) is 5.69 Å². The Bertz CT molecular complexity index is 1350. The lowest BCUT2D eigenvalue weighted by Crippen LogP contribution is -2.28. The molecule has 0 unspecified atom stereocenters. The fourth-order valence-electron chi connectivity index (χ4n) is 2.95. The third-order valence-corrected chi connectivity index (χ3v) is 4.93. The molecule has 0 spiro atoms. The molecule has 0 aliphatic heterocycles. The van der Waals surface area contributed by atoms with Crippen LogP contribution in [-0.4, -0.2) is 31.8 Å². The van der Waals surface area contributed by atoms with E-state index in [1.54, 1.807) is 48.5 Å². The van der Waals surface area contributed by atoms with Crippen LogP contribution >= 0.6 is 15.9 Å². The molecule has 30 heavy (non-hydrogen) atoms. The van der Waals surface area contributed by atoms with Crippen molar-refractivity contribution in [2.24, 2.45) is 0 Å². The maximum Gasteiger partial charge on any atom is 0.351 e. The van der Waals surface area contributed by atoms with Gasteiger partial charge in [0, 0.05) is 34.3 Å². The van der Waals surface area contributed by atoms with Gasteiger partial charge < -0.3 is 10.1 Å². The Morgan fingerprint density at radius 3 is 2.63 bits per heavy atom. The number of rotatable bonds is 5. The SMILES string of the molecule is COc1cccc(NC(=O)Cn2nc3c(=O)n(-c4ccc(Br)cc4)ccn3c2=O)c1. The Hall–Kier alpha value is -3.66. The summed E-state index contributed by atoms with van der Waals surface area (Å²) in [5, 5.41) is 6.75. The molecule has 0 fully saturated rings. The van der Waals surface area contributed by atoms with Gasteiger partial charge in [0.2, 0.25) is 11.6 Å². The van der Waals surface area contributed by atoms with E-state index in [9.17, 15) is 14.4 Å². The van der Waals surface area contributed by atoms with E-state index in [1.807, 2.05) is 0 Å². The third kappa shape index (κ3) is 3.77. The van der Waals surface area contributed by atoms with Crippen molar-refractivity contribution in [1.82, 2.24) is 18.7 Å². The van der Waals surface area contributed by atoms with Crippen molar-refractivity contribution in [3.63, 3.8) is 0 Å². The summed E-state index contributed by atoms with van der Waals surface area (Å²) in [6.45, 7) is -0.338. The van der Waals surface area contributed by atoms with Crippen molar-refractivity contribution >= 4 is 33.2 Å². The summed E-state index contributed by atoms with van der Waals surface area (Å²) in [5.74, 6) is 0.133. The first-order valence-corrected chi connectivity index (χ1v) is 9.66. The number of benzene rings is 2. The largest absolute Gasteiger partial charge is 0.497 e. The van der Waals surface area contributed by atoms with Crippen molar-refractivity contribution in [3.8, 4) is 11.4 Å². The number of carbonyl (C=O) groups excluding carboxylic acids is 1. The molecule has 0 bridgehead atoms. The van der Waals surface area contributed by atoms with Gasteiger partial charge in [-0.25, -0.2) is 13.9 Å². The molecule has 1 N–H and O–H groups in total. The van der Waals surface area contributed by atoms with Crippen molar-refractivity contribution in [3.05, 3.63) is 86.2 Å². The number of methoxy groups -OCH3 is 1. The Morgan fingerprint density at radius 1 is 1.13 bits per heavy atom. The topological polar surface area (TPSA) is 99.6 Å². The summed E-state index contributed by atoms with van der Waals surface area (Å²) in [6.07, 6.45) is 2.94. The normalized spacial score (nSPS) is 10.9. The van der Waals surface area contributed by atoms with Crippen LogP contribution in [0.25, 0.3) is 11.3 Å². The van der Waals surface area contributed by atoms with Gasteiger partial charge in [-0.1, -0.05) is 22.0 Å². The zero-order valence-corrected chi connectivity index (χ0v) is 17.4. The number of anilines is 1. The lowest BCUT2D eigenvalue weighted by atomic mass is 10.3. The molecular formula is C20H16BrN5O4. The average Bonchev–Trinajstić information content (AvgIpc) is 3.05. The number of hydrogen-bond donors (Lipinski definition) is 1. The molecule has 2 heterocycles. The van der Waals surface area contributed by atoms with Crippen molar-refractivity contribution in [2.45, 2.75) is 6.54 Å². The van der Waals surface area contributed by atoms with E-state index in [4.69, 9.17) is 4.74 Å². The molecule has 2 aromatic heterocycles. The van der Waals surface area contributed by atoms with Gasteiger partial charge in [0.15, 0.2) is 0 Å². The highest BCUT2D eigenvalue weighted by Gasteiger charge is 2.15. The molecular weight excluding hydrogens is 454 g/mol. The van der Waals surface area contributed by atoms with E-state index < -0.39 is 17.2 Å². The maximum atomic E-state index is 12.8. The van der Waals surface area contributed by atoms with E-state index in [-0.39, 0.29) is 12.2 Å². The first-order valence-electron chi connectivity index (χ1n) is 8.87. The van der Waals surface area contributed by atoms with Crippen molar-refractivity contribution in [2.75, 3.05) is 12.4 Å². The Balaban J connectivity index is 1.63. The summed E-state index contributed by atoms with van der Waals surface area (Å²) in [5.41, 5.74) is 0.0338. The first-order chi connectivity index (χ1) is 14.5. The highest BCUT2D eigenvalue weighted by molar-refractivity contribution is 9.10. The summed E-state index contributed by atoms with van der Waals surface area (Å²) in [6, 6.07) is 14.0. The molecule has 4 rings (SSSR count). The summed E-state index contributed by atoms with van der Waals surface area (Å²) in [7, 11) is 1.53. The number of carbonyl (C=O) groups is 1. The molecule has 4 aromatic rings. The number of fused-ring (bicyclic) bond motifs is 1. The fraction of sp³-hybridized carbons (Fsp3) is 0.100. The molecule has 152 valence electrons. The van der Waals surface area contributed by atoms with Crippen molar-refractivity contribution in [1.29, 1.82) is 0 Å². The monoisotopic (exact) mass is 469 g/mol. The van der Waals surface area contributed by atoms with Gasteiger partial charge in [0.25, 0.3) is 0 Å². The van der Waals surface area contributed by atoms with Crippen LogP contribution in [0.15, 0.2) is 75.0 Å². The minimum atomic E-state index is -0.578. The Labute approximate surface area is 178 Å². The van der Waals surface area contributed by atoms with Gasteiger partial charge in [0.1, 0.15) is 12.3 Å². The molecule has 2 aromatic carbocycles. The van der Waals surface area contributed by atoms with E-state index in [2.05, 4.69) is 26.3 Å². The minimum absolute atomic E-state index is 0.0698. The molecule has 10 heteroatoms. The molecule has 0 saturated heterocycles. The van der Waals surface area contributed by atoms with E-state index >= 15 is 0 Å². The van der Waals surface area contributed by atoms with Gasteiger partial charge in [-0.2, -0.15) is 0 Å². The number of halogens is 1. The first kappa shape index (κ1) is 19.6. The third-order valence-electron chi connectivity index (χ3n) is 4.40. The number of hydrogen-bond acceptors (Lipinski definition) is 5. The van der Waals surface area contributed by atoms with Gasteiger partial charge in [-0.15, -0.1) is 5.10 Å². The second-order valence-electron chi connectivity index (χ2n) is 6.36. The smallest absolute Gasteiger partial charge is 0.351 e. The molecule has 1 amide bonds. The van der Waals surface area contributed by atoms with Crippen LogP contribution in [0.5, 0.6) is 5.75 Å². The van der Waals surface area contributed by atoms with Crippen LogP contribution in [0, 0.1) is 0 Å². The average molecular weight is 470 g/mol. The molecule has 0 atom stereocenters. The highest BCUT2D eigenvalue weighted by Crippen LogP contribution is 2.16. The van der Waals surface area contributed by atoms with Gasteiger partial charge >= 0.3 is 11.2 Å². The van der Waals surface area contributed by atoms with Crippen LogP contribution in [-0.2, 0) is 11.3 Å². The zero-order valence-electron chi connectivity index (χ0n) is 15.8. The van der Waals surface area contributed by atoms with E-state index in [0.717, 1.165) is 13.6 Å². The molecule has 0 saturated carbocycles. The number of ether oxygens (including phenoxy) is 1. The Kier molecular flexibility index (Phi) is 5.23. The summed E-state index contributed by atoms with van der Waals surface area (Å²) in [4.78, 5) is 37.8. The van der Waals surface area contributed by atoms with E-state index in [0.29, 0.717) is 17.1 Å². The number of nitrogens with zero attached hydrogens (tertiary/aromatic N) is 4. The van der Waals surface area contributed by atoms with Gasteiger partial charge in [-0.3, -0.25) is 14.2 Å². The van der Waals surface area contributed by atoms with Gasteiger partial charge in [0.05, 0.1) is 7.11 Å². The summed E-state index contributed by atoms with van der Waals surface area (Å²) >= 11 is 3.35. The number of nitrogens with one attached hydrogen (secondary N) is 1. The molecule has 0 aliphatic carbocycles. The van der Waals surface area contributed by atoms with Crippen molar-refractivity contribution < 1.29 is 9.53 Å². The van der Waals surface area contributed by atoms with E-state index in [1.165, 1.54) is 24.1 Å². The van der Waals surface area contributed by atoms with Gasteiger partial charge in [-0.05, 0) is 36.4 Å². The predicted octanol–water partition coefficient (Wildman–Crippen LogP) is 2.06. The van der Waals surface area contributed by atoms with Crippen LogP contribution in [0.3, 0.4) is 0 Å². The Morgan fingerprint density at radius 2 is 1.90 bits per heavy atom. The van der Waals surface area contributed by atoms with Crippen LogP contribution in [0.2, 0.25) is 0 Å². The second kappa shape index (κ2) is 7.99. The summed E-state index contributed by atoms with van der Waals surface area (Å²) < 4.78 is 9.46. The standard InChI is InChI=1S/C20H16BrN5O4/c1-30-16-4-2-3-14(11-16)22-17(27)12-26-20(29)25-10-9-24(19(28)18(25)23-26)15-7-5-13(21)6-8-15/h2-11H,12H2,1H3,(H,22,27). The fourth-order valence-corrected chi connectivity index (χ4v) is 3.22. The second-order valence-corrected chi connectivity index (χ2v) is 7.28. The predicted molar refractivity (Wildman–Crippen MR) is 114 cm³/mol. The maximum absolute atomic E-state index is 12.8. The quantitative estimate of drug-likeness (QED) is 0.482. The lowest BCUT2D eigenvalue weighted by molar-refractivity contribution is -0.117. The lowest BCUT2D eigenvalue weighted by Gasteiger charge is -2.06.